The molecule has 1 fully saturated rings. The molecule has 0 aliphatic heterocycles. The van der Waals surface area contributed by atoms with Crippen molar-refractivity contribution in [3.05, 3.63) is 22.4 Å². The molecule has 1 aromatic rings. The summed E-state index contributed by atoms with van der Waals surface area (Å²) in [4.78, 5) is 23.9. The second-order valence-electron chi connectivity index (χ2n) is 4.83. The van der Waals surface area contributed by atoms with Gasteiger partial charge in [-0.25, -0.2) is 4.79 Å². The average Bonchev–Trinajstić information content (AvgIpc) is 2.99. The predicted octanol–water partition coefficient (Wildman–Crippen LogP) is 1.91. The molecule has 0 radical (unpaired) electrons. The minimum absolute atomic E-state index is 0.0287. The first kappa shape index (κ1) is 13.9. The van der Waals surface area contributed by atoms with Gasteiger partial charge in [0, 0.05) is 10.9 Å². The van der Waals surface area contributed by atoms with Crippen LogP contribution in [0.15, 0.2) is 17.5 Å². The van der Waals surface area contributed by atoms with E-state index in [4.69, 9.17) is 5.73 Å². The molecule has 0 unspecified atom stereocenters. The first-order valence-corrected chi connectivity index (χ1v) is 7.42. The van der Waals surface area contributed by atoms with Crippen molar-refractivity contribution in [3.8, 4) is 0 Å². The van der Waals surface area contributed by atoms with Crippen molar-refractivity contribution >= 4 is 23.3 Å². The van der Waals surface area contributed by atoms with Gasteiger partial charge in [0.25, 0.3) is 0 Å². The molecule has 19 heavy (non-hydrogen) atoms. The highest BCUT2D eigenvalue weighted by molar-refractivity contribution is 7.10. The molecular formula is C13H19N3O2S. The Labute approximate surface area is 116 Å². The summed E-state index contributed by atoms with van der Waals surface area (Å²) < 4.78 is 0. The zero-order valence-electron chi connectivity index (χ0n) is 10.7. The van der Waals surface area contributed by atoms with Gasteiger partial charge in [-0.1, -0.05) is 18.9 Å². The third-order valence-corrected chi connectivity index (χ3v) is 4.30. The fourth-order valence-corrected chi connectivity index (χ4v) is 3.20. The molecule has 1 atom stereocenters. The Morgan fingerprint density at radius 2 is 2.16 bits per heavy atom. The van der Waals surface area contributed by atoms with E-state index in [9.17, 15) is 9.59 Å². The minimum Gasteiger partial charge on any atom is -0.353 e. The maximum absolute atomic E-state index is 12.0. The number of primary amides is 1. The van der Waals surface area contributed by atoms with Crippen LogP contribution in [-0.2, 0) is 4.79 Å². The second-order valence-corrected chi connectivity index (χ2v) is 5.81. The first-order chi connectivity index (χ1) is 9.15. The molecule has 1 aromatic heterocycles. The van der Waals surface area contributed by atoms with Gasteiger partial charge in [-0.2, -0.15) is 0 Å². The lowest BCUT2D eigenvalue weighted by atomic mass is 10.1. The number of thiophene rings is 1. The number of hydrogen-bond acceptors (Lipinski definition) is 3. The van der Waals surface area contributed by atoms with Crippen LogP contribution in [0.1, 0.15) is 43.0 Å². The normalized spacial score (nSPS) is 17.1. The zero-order valence-corrected chi connectivity index (χ0v) is 11.5. The fourth-order valence-electron chi connectivity index (χ4n) is 2.43. The highest BCUT2D eigenvalue weighted by Gasteiger charge is 2.21. The van der Waals surface area contributed by atoms with E-state index in [1.54, 1.807) is 0 Å². The van der Waals surface area contributed by atoms with Crippen molar-refractivity contribution in [2.24, 2.45) is 5.73 Å². The number of nitrogens with one attached hydrogen (secondary N) is 2. The highest BCUT2D eigenvalue weighted by atomic mass is 32.1. The molecule has 1 saturated carbocycles. The maximum atomic E-state index is 12.0. The number of carbonyl (C=O) groups is 2. The highest BCUT2D eigenvalue weighted by Crippen LogP contribution is 2.23. The van der Waals surface area contributed by atoms with Crippen molar-refractivity contribution in [3.63, 3.8) is 0 Å². The van der Waals surface area contributed by atoms with Crippen LogP contribution in [0.2, 0.25) is 0 Å². The van der Waals surface area contributed by atoms with E-state index in [0.29, 0.717) is 6.04 Å². The van der Waals surface area contributed by atoms with Crippen LogP contribution in [0, 0.1) is 0 Å². The van der Waals surface area contributed by atoms with Gasteiger partial charge in [0.15, 0.2) is 0 Å². The number of hydrogen-bond donors (Lipinski definition) is 3. The van der Waals surface area contributed by atoms with Crippen LogP contribution < -0.4 is 16.4 Å². The molecular weight excluding hydrogens is 262 g/mol. The van der Waals surface area contributed by atoms with E-state index in [-0.39, 0.29) is 18.4 Å². The van der Waals surface area contributed by atoms with Crippen molar-refractivity contribution < 1.29 is 9.59 Å². The van der Waals surface area contributed by atoms with E-state index in [1.165, 1.54) is 24.2 Å². The lowest BCUT2D eigenvalue weighted by Gasteiger charge is -2.18. The molecule has 1 aliphatic carbocycles. The van der Waals surface area contributed by atoms with E-state index in [1.807, 2.05) is 17.5 Å². The van der Waals surface area contributed by atoms with Crippen molar-refractivity contribution in [2.45, 2.75) is 44.2 Å². The number of amides is 3. The van der Waals surface area contributed by atoms with Crippen LogP contribution in [-0.4, -0.2) is 18.0 Å². The largest absolute Gasteiger partial charge is 0.353 e. The van der Waals surface area contributed by atoms with Gasteiger partial charge in [0.2, 0.25) is 5.91 Å². The van der Waals surface area contributed by atoms with Crippen LogP contribution in [0.5, 0.6) is 0 Å². The first-order valence-electron chi connectivity index (χ1n) is 6.54. The van der Waals surface area contributed by atoms with Crippen LogP contribution in [0.25, 0.3) is 0 Å². The smallest absolute Gasteiger partial charge is 0.312 e. The van der Waals surface area contributed by atoms with Crippen molar-refractivity contribution in [2.75, 3.05) is 0 Å². The lowest BCUT2D eigenvalue weighted by Crippen LogP contribution is -2.38. The van der Waals surface area contributed by atoms with E-state index in [2.05, 4.69) is 10.6 Å². The third kappa shape index (κ3) is 4.24. The maximum Gasteiger partial charge on any atom is 0.312 e. The zero-order chi connectivity index (χ0) is 13.7. The molecule has 3 amide bonds. The molecule has 1 heterocycles. The van der Waals surface area contributed by atoms with Crippen molar-refractivity contribution in [1.82, 2.24) is 10.6 Å². The summed E-state index contributed by atoms with van der Waals surface area (Å²) in [5, 5.41) is 7.56. The summed E-state index contributed by atoms with van der Waals surface area (Å²) in [5.41, 5.74) is 5.16. The van der Waals surface area contributed by atoms with Crippen LogP contribution in [0.3, 0.4) is 0 Å². The standard InChI is InChI=1S/C13H19N3O2S/c14-13(18)16-10(11-6-3-7-19-11)8-12(17)15-9-4-1-2-5-9/h3,6-7,9-10H,1-2,4-5,8H2,(H,15,17)(H3,14,16,18)/t10-/m0/s1. The van der Waals surface area contributed by atoms with E-state index < -0.39 is 6.03 Å². The molecule has 2 rings (SSSR count). The second kappa shape index (κ2) is 6.56. The summed E-state index contributed by atoms with van der Waals surface area (Å²) in [6.45, 7) is 0. The summed E-state index contributed by atoms with van der Waals surface area (Å²) in [5.74, 6) is -0.0287. The molecule has 0 bridgehead atoms. The number of nitrogens with two attached hydrogens (primary N) is 1. The Morgan fingerprint density at radius 3 is 2.74 bits per heavy atom. The molecule has 0 aromatic carbocycles. The van der Waals surface area contributed by atoms with Crippen LogP contribution >= 0.6 is 11.3 Å². The average molecular weight is 281 g/mol. The Hall–Kier alpha value is -1.56. The third-order valence-electron chi connectivity index (χ3n) is 3.31. The molecule has 104 valence electrons. The van der Waals surface area contributed by atoms with E-state index >= 15 is 0 Å². The SMILES string of the molecule is NC(=O)N[C@@H](CC(=O)NC1CCCC1)c1cccs1. The lowest BCUT2D eigenvalue weighted by molar-refractivity contribution is -0.122. The Balaban J connectivity index is 1.91. The number of urea groups is 1. The molecule has 0 spiro atoms. The molecule has 4 N–H and O–H groups in total. The fraction of sp³-hybridized carbons (Fsp3) is 0.538. The van der Waals surface area contributed by atoms with Gasteiger partial charge < -0.3 is 16.4 Å². The Kier molecular flexibility index (Phi) is 4.79. The van der Waals surface area contributed by atoms with Crippen LogP contribution in [0.4, 0.5) is 4.79 Å². The topological polar surface area (TPSA) is 84.2 Å². The molecule has 6 heteroatoms. The molecule has 1 aliphatic rings. The van der Waals surface area contributed by atoms with Gasteiger partial charge in [-0.05, 0) is 24.3 Å². The molecule has 0 saturated heterocycles. The van der Waals surface area contributed by atoms with Crippen molar-refractivity contribution in [1.29, 1.82) is 0 Å². The van der Waals surface area contributed by atoms with Gasteiger partial charge in [0.05, 0.1) is 12.5 Å². The van der Waals surface area contributed by atoms with E-state index in [0.717, 1.165) is 17.7 Å². The van der Waals surface area contributed by atoms with Gasteiger partial charge in [-0.15, -0.1) is 11.3 Å². The summed E-state index contributed by atoms with van der Waals surface area (Å²) in [6, 6.07) is 3.15. The van der Waals surface area contributed by atoms with Gasteiger partial charge >= 0.3 is 6.03 Å². The minimum atomic E-state index is -0.605. The Morgan fingerprint density at radius 1 is 1.42 bits per heavy atom. The number of carbonyl (C=O) groups excluding carboxylic acids is 2. The van der Waals surface area contributed by atoms with Gasteiger partial charge in [0.1, 0.15) is 0 Å². The monoisotopic (exact) mass is 281 g/mol. The molecule has 5 nitrogen and oxygen atoms in total. The Bertz CT molecular complexity index is 427. The number of rotatable bonds is 5. The summed E-state index contributed by atoms with van der Waals surface area (Å²) in [6.07, 6.45) is 4.70. The predicted molar refractivity (Wildman–Crippen MR) is 74.8 cm³/mol. The quantitative estimate of drug-likeness (QED) is 0.770. The summed E-state index contributed by atoms with van der Waals surface area (Å²) >= 11 is 1.51. The summed E-state index contributed by atoms with van der Waals surface area (Å²) in [7, 11) is 0. The van der Waals surface area contributed by atoms with Gasteiger partial charge in [-0.3, -0.25) is 4.79 Å².